The van der Waals surface area contributed by atoms with Crippen LogP contribution in [0.1, 0.15) is 29.0 Å². The first-order valence-electron chi connectivity index (χ1n) is 11.3. The first-order valence-corrected chi connectivity index (χ1v) is 12.3. The number of carbonyl (C=O) groups excluding carboxylic acids is 1. The third-order valence-corrected chi connectivity index (χ3v) is 6.27. The lowest BCUT2D eigenvalue weighted by Crippen LogP contribution is -2.35. The Bertz CT molecular complexity index is 1180. The van der Waals surface area contributed by atoms with Crippen LogP contribution in [0, 0.1) is 10.1 Å². The fraction of sp³-hybridized carbons (Fsp3) is 0.280. The second kappa shape index (κ2) is 12.2. The summed E-state index contributed by atoms with van der Waals surface area (Å²) in [6, 6.07) is 12.4. The smallest absolute Gasteiger partial charge is 0.287 e. The van der Waals surface area contributed by atoms with Crippen molar-refractivity contribution in [2.45, 2.75) is 31.8 Å². The number of rotatable bonds is 11. The van der Waals surface area contributed by atoms with Crippen LogP contribution in [0.2, 0.25) is 0 Å². The molecule has 0 radical (unpaired) electrons. The number of hydrogen-bond acceptors (Lipinski definition) is 9. The minimum atomic E-state index is -0.597. The molecule has 1 aliphatic rings. The third-order valence-electron chi connectivity index (χ3n) is 5.57. The highest BCUT2D eigenvalue weighted by Gasteiger charge is 2.29. The average Bonchev–Trinajstić information content (AvgIpc) is 3.45. The summed E-state index contributed by atoms with van der Waals surface area (Å²) >= 11 is 1.59. The zero-order valence-corrected chi connectivity index (χ0v) is 20.1. The number of allylic oxidation sites excluding steroid dienone is 1. The molecule has 0 saturated carbocycles. The number of ether oxygens (including phenoxy) is 2. The van der Waals surface area contributed by atoms with Gasteiger partial charge in [-0.1, -0.05) is 24.3 Å². The van der Waals surface area contributed by atoms with Crippen molar-refractivity contribution in [2.24, 2.45) is 0 Å². The number of benzene rings is 1. The van der Waals surface area contributed by atoms with E-state index in [1.54, 1.807) is 11.3 Å². The predicted molar refractivity (Wildman–Crippen MR) is 134 cm³/mol. The second-order valence-electron chi connectivity index (χ2n) is 8.10. The van der Waals surface area contributed by atoms with Gasteiger partial charge in [0, 0.05) is 31.5 Å². The number of nitrogens with one attached hydrogen (secondary N) is 2. The zero-order valence-electron chi connectivity index (χ0n) is 19.3. The molecule has 11 heteroatoms. The van der Waals surface area contributed by atoms with Gasteiger partial charge in [-0.05, 0) is 45.7 Å². The molecule has 2 unspecified atom stereocenters. The highest BCUT2D eigenvalue weighted by Crippen LogP contribution is 2.33. The number of anilines is 1. The van der Waals surface area contributed by atoms with E-state index in [2.05, 4.69) is 15.6 Å². The quantitative estimate of drug-likeness (QED) is 0.202. The highest BCUT2D eigenvalue weighted by atomic mass is 32.1. The topological polar surface area (TPSA) is 136 Å². The number of amides is 1. The van der Waals surface area contributed by atoms with Crippen LogP contribution in [-0.2, 0) is 27.5 Å². The van der Waals surface area contributed by atoms with Crippen molar-refractivity contribution in [3.05, 3.63) is 98.1 Å². The van der Waals surface area contributed by atoms with Crippen molar-refractivity contribution in [3.8, 4) is 0 Å². The van der Waals surface area contributed by atoms with E-state index in [9.17, 15) is 20.0 Å². The van der Waals surface area contributed by atoms with E-state index in [0.717, 1.165) is 16.7 Å². The first-order chi connectivity index (χ1) is 17.5. The zero-order chi connectivity index (χ0) is 25.3. The van der Waals surface area contributed by atoms with E-state index in [-0.39, 0.29) is 29.9 Å². The van der Waals surface area contributed by atoms with E-state index in [4.69, 9.17) is 9.47 Å². The minimum Gasteiger partial charge on any atom is -0.459 e. The van der Waals surface area contributed by atoms with E-state index in [1.165, 1.54) is 18.3 Å². The molecular weight excluding hydrogens is 484 g/mol. The maximum absolute atomic E-state index is 12.8. The molecule has 2 atom stereocenters. The molecule has 0 saturated heterocycles. The van der Waals surface area contributed by atoms with Crippen LogP contribution in [0.5, 0.6) is 0 Å². The summed E-state index contributed by atoms with van der Waals surface area (Å²) in [5.74, 6) is 0.303. The summed E-state index contributed by atoms with van der Waals surface area (Å²) in [6.07, 6.45) is 2.97. The lowest BCUT2D eigenvalue weighted by Gasteiger charge is -2.29. The number of thiophene rings is 1. The fourth-order valence-corrected chi connectivity index (χ4v) is 4.34. The Labute approximate surface area is 211 Å². The summed E-state index contributed by atoms with van der Waals surface area (Å²) in [4.78, 5) is 27.0. The molecule has 2 aromatic heterocycles. The maximum atomic E-state index is 12.8. The maximum Gasteiger partial charge on any atom is 0.287 e. The Morgan fingerprint density at radius 3 is 2.67 bits per heavy atom. The van der Waals surface area contributed by atoms with Crippen molar-refractivity contribution < 1.29 is 24.3 Å². The van der Waals surface area contributed by atoms with Gasteiger partial charge in [0.05, 0.1) is 18.1 Å². The average molecular weight is 511 g/mol. The summed E-state index contributed by atoms with van der Waals surface area (Å²) in [5, 5.41) is 29.8. The van der Waals surface area contributed by atoms with Gasteiger partial charge in [0.1, 0.15) is 12.0 Å². The number of nitrogens with zero attached hydrogens (tertiary/aromatic N) is 2. The number of nitro groups is 1. The number of carbonyl (C=O) groups is 1. The van der Waals surface area contributed by atoms with Gasteiger partial charge in [0.25, 0.3) is 11.6 Å². The van der Waals surface area contributed by atoms with Crippen molar-refractivity contribution >= 4 is 28.7 Å². The Kier molecular flexibility index (Phi) is 8.61. The third kappa shape index (κ3) is 6.87. The Balaban J connectivity index is 1.32. The van der Waals surface area contributed by atoms with E-state index < -0.39 is 11.2 Å². The minimum absolute atomic E-state index is 0.0155. The van der Waals surface area contributed by atoms with E-state index >= 15 is 0 Å². The van der Waals surface area contributed by atoms with Crippen molar-refractivity contribution in [2.75, 3.05) is 18.4 Å². The molecule has 0 bridgehead atoms. The summed E-state index contributed by atoms with van der Waals surface area (Å²) in [6.45, 7) is 0.970. The molecule has 36 heavy (non-hydrogen) atoms. The van der Waals surface area contributed by atoms with Crippen LogP contribution in [0.4, 0.5) is 11.5 Å². The summed E-state index contributed by atoms with van der Waals surface area (Å²) in [7, 11) is 0. The fourth-order valence-electron chi connectivity index (χ4n) is 3.62. The normalized spacial score (nSPS) is 17.1. The Hall–Kier alpha value is -3.80. The van der Waals surface area contributed by atoms with Crippen molar-refractivity contribution in [1.29, 1.82) is 0 Å². The van der Waals surface area contributed by atoms with Crippen molar-refractivity contribution in [3.63, 3.8) is 0 Å². The van der Waals surface area contributed by atoms with Crippen LogP contribution >= 0.6 is 11.3 Å². The van der Waals surface area contributed by atoms with Gasteiger partial charge in [-0.2, -0.15) is 11.3 Å². The Morgan fingerprint density at radius 1 is 1.19 bits per heavy atom. The molecule has 3 N–H and O–H groups in total. The molecule has 0 fully saturated rings. The van der Waals surface area contributed by atoms with Crippen LogP contribution in [0.3, 0.4) is 0 Å². The lowest BCUT2D eigenvalue weighted by molar-refractivity contribution is -0.385. The monoisotopic (exact) mass is 510 g/mol. The van der Waals surface area contributed by atoms with E-state index in [1.807, 2.05) is 47.2 Å². The number of hydrogen-bond donors (Lipinski definition) is 3. The lowest BCUT2D eigenvalue weighted by atomic mass is 9.95. The largest absolute Gasteiger partial charge is 0.459 e. The molecule has 0 aliphatic carbocycles. The number of pyridine rings is 1. The highest BCUT2D eigenvalue weighted by molar-refractivity contribution is 7.08. The molecule has 10 nitrogen and oxygen atoms in total. The Morgan fingerprint density at radius 2 is 2.00 bits per heavy atom. The first kappa shape index (κ1) is 25.3. The van der Waals surface area contributed by atoms with Crippen molar-refractivity contribution in [1.82, 2.24) is 10.3 Å². The standard InChI is InChI=1S/C25H26N4O6S/c30-14-17-1-3-18(4-2-17)15-34-24-12-20(19-7-10-36-16-19)11-22(35-24)25(31)27-9-8-26-23-6-5-21(13-28-23)29(32)33/h1-7,10-11,13,16,20,24,30H,8-9,12,14-15H2,(H,26,28)(H,27,31). The van der Waals surface area contributed by atoms with Gasteiger partial charge < -0.3 is 25.2 Å². The van der Waals surface area contributed by atoms with Crippen LogP contribution < -0.4 is 10.6 Å². The van der Waals surface area contributed by atoms with E-state index in [0.29, 0.717) is 31.9 Å². The second-order valence-corrected chi connectivity index (χ2v) is 8.88. The predicted octanol–water partition coefficient (Wildman–Crippen LogP) is 3.70. The van der Waals surface area contributed by atoms with Gasteiger partial charge in [0.15, 0.2) is 5.76 Å². The van der Waals surface area contributed by atoms with Crippen LogP contribution in [0.25, 0.3) is 0 Å². The summed E-state index contributed by atoms with van der Waals surface area (Å²) in [5.41, 5.74) is 2.77. The molecule has 3 heterocycles. The number of aliphatic hydroxyl groups is 1. The van der Waals surface area contributed by atoms with Crippen LogP contribution in [0.15, 0.2) is 71.3 Å². The van der Waals surface area contributed by atoms with Gasteiger partial charge in [-0.25, -0.2) is 4.98 Å². The molecule has 1 aliphatic heterocycles. The summed E-state index contributed by atoms with van der Waals surface area (Å²) < 4.78 is 11.9. The van der Waals surface area contributed by atoms with Crippen LogP contribution in [-0.4, -0.2) is 40.3 Å². The SMILES string of the molecule is O=C(NCCNc1ccc([N+](=O)[O-])cn1)C1=CC(c2ccsc2)CC(OCc2ccc(CO)cc2)O1. The molecule has 1 aromatic carbocycles. The number of aliphatic hydroxyl groups excluding tert-OH is 1. The molecule has 188 valence electrons. The van der Waals surface area contributed by atoms with Gasteiger partial charge in [0.2, 0.25) is 6.29 Å². The number of aromatic nitrogens is 1. The molecule has 4 rings (SSSR count). The molecule has 3 aromatic rings. The van der Waals surface area contributed by atoms with Gasteiger partial charge >= 0.3 is 0 Å². The molecular formula is C25H26N4O6S. The molecule has 1 amide bonds. The van der Waals surface area contributed by atoms with Gasteiger partial charge in [-0.15, -0.1) is 0 Å². The van der Waals surface area contributed by atoms with Gasteiger partial charge in [-0.3, -0.25) is 14.9 Å². The molecule has 0 spiro atoms.